The number of rotatable bonds is 4. The molecule has 0 atom stereocenters. The Hall–Kier alpha value is -3.02. The van der Waals surface area contributed by atoms with E-state index in [1.54, 1.807) is 24.3 Å². The second kappa shape index (κ2) is 5.49. The molecular weight excluding hydrogens is 335 g/mol. The molecule has 1 aliphatic carbocycles. The maximum absolute atomic E-state index is 13.4. The van der Waals surface area contributed by atoms with Crippen molar-refractivity contribution in [2.24, 2.45) is 0 Å². The van der Waals surface area contributed by atoms with E-state index in [1.165, 1.54) is 12.1 Å². The lowest BCUT2D eigenvalue weighted by molar-refractivity contribution is 0.0949. The highest BCUT2D eigenvalue weighted by atomic mass is 19.1. The Kier molecular flexibility index (Phi) is 3.22. The van der Waals surface area contributed by atoms with Crippen molar-refractivity contribution in [2.45, 2.75) is 18.3 Å². The van der Waals surface area contributed by atoms with Gasteiger partial charge in [0.15, 0.2) is 11.5 Å². The van der Waals surface area contributed by atoms with Crippen LogP contribution in [0.2, 0.25) is 0 Å². The van der Waals surface area contributed by atoms with Gasteiger partial charge in [-0.05, 0) is 54.8 Å². The van der Waals surface area contributed by atoms with Gasteiger partial charge >= 0.3 is 0 Å². The number of amides is 1. The Morgan fingerprint density at radius 3 is 2.85 bits per heavy atom. The van der Waals surface area contributed by atoms with Crippen molar-refractivity contribution in [3.63, 3.8) is 0 Å². The van der Waals surface area contributed by atoms with Gasteiger partial charge in [-0.15, -0.1) is 0 Å². The Morgan fingerprint density at radius 2 is 2.00 bits per heavy atom. The second-order valence-electron chi connectivity index (χ2n) is 6.92. The molecule has 1 aromatic heterocycles. The van der Waals surface area contributed by atoms with Crippen LogP contribution in [0, 0.1) is 5.82 Å². The third-order valence-electron chi connectivity index (χ3n) is 5.29. The maximum atomic E-state index is 13.4. The number of hydrogen-bond acceptors (Lipinski definition) is 3. The van der Waals surface area contributed by atoms with Crippen molar-refractivity contribution < 1.29 is 18.7 Å². The second-order valence-corrected chi connectivity index (χ2v) is 6.92. The molecule has 26 heavy (non-hydrogen) atoms. The zero-order valence-corrected chi connectivity index (χ0v) is 14.0. The Labute approximate surface area is 149 Å². The highest BCUT2D eigenvalue weighted by Crippen LogP contribution is 2.50. The minimum atomic E-state index is -0.258. The van der Waals surface area contributed by atoms with Gasteiger partial charge in [0.25, 0.3) is 5.91 Å². The van der Waals surface area contributed by atoms with E-state index in [2.05, 4.69) is 10.3 Å². The molecule has 2 aliphatic rings. The molecule has 0 bridgehead atoms. The minimum absolute atomic E-state index is 0.0813. The van der Waals surface area contributed by atoms with Crippen LogP contribution in [0.3, 0.4) is 0 Å². The number of H-pyrrole nitrogens is 1. The average molecular weight is 352 g/mol. The summed E-state index contributed by atoms with van der Waals surface area (Å²) in [5, 5.41) is 4.05. The Balaban J connectivity index is 1.35. The van der Waals surface area contributed by atoms with Crippen LogP contribution in [0.25, 0.3) is 10.9 Å². The lowest BCUT2D eigenvalue weighted by Crippen LogP contribution is -2.32. The van der Waals surface area contributed by atoms with Crippen molar-refractivity contribution in [3.05, 3.63) is 59.5 Å². The number of ether oxygens (including phenoxy) is 2. The monoisotopic (exact) mass is 352 g/mol. The first-order valence-corrected chi connectivity index (χ1v) is 8.60. The summed E-state index contributed by atoms with van der Waals surface area (Å²) in [5.41, 5.74) is 2.39. The van der Waals surface area contributed by atoms with Crippen LogP contribution >= 0.6 is 0 Å². The molecule has 5 nitrogen and oxygen atoms in total. The van der Waals surface area contributed by atoms with E-state index in [-0.39, 0.29) is 23.9 Å². The molecule has 1 amide bonds. The molecule has 3 aromatic rings. The first-order chi connectivity index (χ1) is 12.6. The van der Waals surface area contributed by atoms with E-state index >= 15 is 0 Å². The topological polar surface area (TPSA) is 63.4 Å². The largest absolute Gasteiger partial charge is 0.454 e. The predicted octanol–water partition coefficient (Wildman–Crippen LogP) is 3.50. The van der Waals surface area contributed by atoms with Crippen LogP contribution in [-0.4, -0.2) is 24.2 Å². The van der Waals surface area contributed by atoms with Crippen molar-refractivity contribution in [1.29, 1.82) is 0 Å². The van der Waals surface area contributed by atoms with Crippen LogP contribution in [0.1, 0.15) is 28.8 Å². The minimum Gasteiger partial charge on any atom is -0.454 e. The number of carbonyl (C=O) groups is 1. The molecule has 0 saturated heterocycles. The third-order valence-corrected chi connectivity index (χ3v) is 5.29. The molecule has 2 heterocycles. The van der Waals surface area contributed by atoms with Gasteiger partial charge in [0.05, 0.1) is 0 Å². The molecule has 6 heteroatoms. The molecule has 1 saturated carbocycles. The molecule has 5 rings (SSSR count). The van der Waals surface area contributed by atoms with Gasteiger partial charge in [-0.25, -0.2) is 4.39 Å². The van der Waals surface area contributed by atoms with E-state index in [9.17, 15) is 9.18 Å². The number of hydrogen-bond donors (Lipinski definition) is 2. The van der Waals surface area contributed by atoms with Gasteiger partial charge < -0.3 is 19.8 Å². The SMILES string of the molecule is O=C(NCC1(c2c[nH]c3cc(F)ccc23)CC1)c1ccc2c(c1)OCO2. The summed E-state index contributed by atoms with van der Waals surface area (Å²) in [6.45, 7) is 0.731. The van der Waals surface area contributed by atoms with Crippen LogP contribution in [0.15, 0.2) is 42.6 Å². The molecule has 0 unspecified atom stereocenters. The lowest BCUT2D eigenvalue weighted by Gasteiger charge is -2.16. The third kappa shape index (κ3) is 2.41. The van der Waals surface area contributed by atoms with Gasteiger partial charge in [0.2, 0.25) is 6.79 Å². The number of carbonyl (C=O) groups excluding carboxylic acids is 1. The van der Waals surface area contributed by atoms with Crippen molar-refractivity contribution in [2.75, 3.05) is 13.3 Å². The zero-order valence-electron chi connectivity index (χ0n) is 14.0. The first-order valence-electron chi connectivity index (χ1n) is 8.60. The fourth-order valence-corrected chi connectivity index (χ4v) is 3.62. The number of aromatic amines is 1. The molecule has 2 N–H and O–H groups in total. The van der Waals surface area contributed by atoms with Crippen LogP contribution in [0.4, 0.5) is 4.39 Å². The van der Waals surface area contributed by atoms with Gasteiger partial charge in [-0.2, -0.15) is 0 Å². The summed E-state index contributed by atoms with van der Waals surface area (Å²) < 4.78 is 24.0. The average Bonchev–Trinajstić information content (AvgIpc) is 3.09. The fraction of sp³-hybridized carbons (Fsp3) is 0.250. The number of nitrogens with one attached hydrogen (secondary N) is 2. The molecule has 2 aromatic carbocycles. The molecule has 0 spiro atoms. The quantitative estimate of drug-likeness (QED) is 0.755. The summed E-state index contributed by atoms with van der Waals surface area (Å²) in [6, 6.07) is 9.96. The summed E-state index contributed by atoms with van der Waals surface area (Å²) in [5.74, 6) is 0.857. The van der Waals surface area contributed by atoms with Crippen molar-refractivity contribution >= 4 is 16.8 Å². The molecule has 0 radical (unpaired) electrons. The fourth-order valence-electron chi connectivity index (χ4n) is 3.62. The smallest absolute Gasteiger partial charge is 0.251 e. The summed E-state index contributed by atoms with van der Waals surface area (Å²) in [7, 11) is 0. The molecular formula is C20H17FN2O3. The molecule has 132 valence electrons. The van der Waals surface area contributed by atoms with Crippen LogP contribution in [0.5, 0.6) is 11.5 Å². The maximum Gasteiger partial charge on any atom is 0.251 e. The van der Waals surface area contributed by atoms with E-state index in [0.717, 1.165) is 29.3 Å². The normalized spacial score (nSPS) is 16.7. The van der Waals surface area contributed by atoms with Crippen LogP contribution < -0.4 is 14.8 Å². The number of benzene rings is 2. The van der Waals surface area contributed by atoms with Gasteiger partial charge in [-0.1, -0.05) is 0 Å². The molecule has 1 aliphatic heterocycles. The van der Waals surface area contributed by atoms with Crippen molar-refractivity contribution in [3.8, 4) is 11.5 Å². The Bertz CT molecular complexity index is 1020. The van der Waals surface area contributed by atoms with Gasteiger partial charge in [0, 0.05) is 34.6 Å². The number of aromatic nitrogens is 1. The first kappa shape index (κ1) is 15.3. The van der Waals surface area contributed by atoms with E-state index < -0.39 is 0 Å². The van der Waals surface area contributed by atoms with E-state index in [0.29, 0.717) is 23.6 Å². The standard InChI is InChI=1S/C20H17FN2O3/c21-13-2-3-14-15(9-22-16(14)8-13)20(5-6-20)10-23-19(24)12-1-4-17-18(7-12)26-11-25-17/h1-4,7-9,22H,5-6,10-11H2,(H,23,24). The van der Waals surface area contributed by atoms with Crippen LogP contribution in [-0.2, 0) is 5.41 Å². The highest BCUT2D eigenvalue weighted by Gasteiger charge is 2.45. The Morgan fingerprint density at radius 1 is 1.15 bits per heavy atom. The summed E-state index contributed by atoms with van der Waals surface area (Å²) in [6.07, 6.45) is 3.93. The number of fused-ring (bicyclic) bond motifs is 2. The molecule has 1 fully saturated rings. The van der Waals surface area contributed by atoms with Crippen molar-refractivity contribution in [1.82, 2.24) is 10.3 Å². The predicted molar refractivity (Wildman–Crippen MR) is 94.1 cm³/mol. The number of halogens is 1. The van der Waals surface area contributed by atoms with E-state index in [1.807, 2.05) is 6.20 Å². The zero-order chi connectivity index (χ0) is 17.7. The summed E-state index contributed by atoms with van der Waals surface area (Å²) >= 11 is 0. The highest BCUT2D eigenvalue weighted by molar-refractivity contribution is 5.95. The van der Waals surface area contributed by atoms with Gasteiger partial charge in [-0.3, -0.25) is 4.79 Å². The lowest BCUT2D eigenvalue weighted by atomic mass is 9.95. The van der Waals surface area contributed by atoms with Gasteiger partial charge in [0.1, 0.15) is 5.82 Å². The van der Waals surface area contributed by atoms with E-state index in [4.69, 9.17) is 9.47 Å². The summed E-state index contributed by atoms with van der Waals surface area (Å²) in [4.78, 5) is 15.7.